The average Bonchev–Trinajstić information content (AvgIpc) is 2.84. The lowest BCUT2D eigenvalue weighted by Crippen LogP contribution is -2.27. The van der Waals surface area contributed by atoms with Gasteiger partial charge in [-0.2, -0.15) is 0 Å². The number of carbonyl (C=O) groups is 1. The maximum Gasteiger partial charge on any atom is 0.266 e. The van der Waals surface area contributed by atoms with Crippen LogP contribution in [0.25, 0.3) is 6.08 Å². The number of benzene rings is 1. The van der Waals surface area contributed by atoms with Crippen LogP contribution in [-0.4, -0.2) is 27.2 Å². The fraction of sp³-hybridized carbons (Fsp3) is 0.167. The van der Waals surface area contributed by atoms with Gasteiger partial charge in [0.1, 0.15) is 10.1 Å². The monoisotopic (exact) mass is 356 g/mol. The molecule has 0 bridgehead atoms. The molecule has 6 heteroatoms. The zero-order valence-electron chi connectivity index (χ0n) is 13.4. The number of methoxy groups -OCH3 is 1. The third-order valence-electron chi connectivity index (χ3n) is 3.65. The van der Waals surface area contributed by atoms with E-state index in [9.17, 15) is 4.79 Å². The Hall–Kier alpha value is -2.18. The van der Waals surface area contributed by atoms with Crippen LogP contribution in [0.4, 0.5) is 0 Å². The molecule has 0 atom stereocenters. The van der Waals surface area contributed by atoms with Crippen molar-refractivity contribution in [2.75, 3.05) is 7.11 Å². The first kappa shape index (κ1) is 16.7. The fourth-order valence-corrected chi connectivity index (χ4v) is 3.71. The maximum atomic E-state index is 12.6. The number of ether oxygens (including phenoxy) is 1. The normalized spacial score (nSPS) is 16.1. The zero-order chi connectivity index (χ0) is 17.1. The number of aryl methyl sites for hydroxylation is 1. The molecular weight excluding hydrogens is 340 g/mol. The van der Waals surface area contributed by atoms with E-state index in [1.165, 1.54) is 11.8 Å². The van der Waals surface area contributed by atoms with Gasteiger partial charge in [-0.15, -0.1) is 0 Å². The van der Waals surface area contributed by atoms with Gasteiger partial charge in [-0.25, -0.2) is 0 Å². The standard InChI is InChI=1S/C18H16N2O2S2/c1-12-8-13(5-6-15(12)22-2)9-16-17(21)20(18(23)24-16)11-14-4-3-7-19-10-14/h3-10H,11H2,1-2H3. The summed E-state index contributed by atoms with van der Waals surface area (Å²) in [6.45, 7) is 2.42. The van der Waals surface area contributed by atoms with Crippen LogP contribution in [0, 0.1) is 6.92 Å². The van der Waals surface area contributed by atoms with Gasteiger partial charge in [0.05, 0.1) is 18.6 Å². The molecule has 1 aromatic carbocycles. The highest BCUT2D eigenvalue weighted by Gasteiger charge is 2.31. The Bertz CT molecular complexity index is 819. The smallest absolute Gasteiger partial charge is 0.266 e. The minimum absolute atomic E-state index is 0.0673. The van der Waals surface area contributed by atoms with Gasteiger partial charge in [0.25, 0.3) is 5.91 Å². The van der Waals surface area contributed by atoms with E-state index in [4.69, 9.17) is 17.0 Å². The summed E-state index contributed by atoms with van der Waals surface area (Å²) in [5.74, 6) is 0.763. The highest BCUT2D eigenvalue weighted by molar-refractivity contribution is 8.26. The quantitative estimate of drug-likeness (QED) is 0.616. The van der Waals surface area contributed by atoms with Crippen molar-refractivity contribution in [1.82, 2.24) is 9.88 Å². The number of carbonyl (C=O) groups excluding carboxylic acids is 1. The summed E-state index contributed by atoms with van der Waals surface area (Å²) in [5, 5.41) is 0. The molecule has 1 saturated heterocycles. The molecule has 122 valence electrons. The topological polar surface area (TPSA) is 42.4 Å². The van der Waals surface area contributed by atoms with Crippen LogP contribution in [0.5, 0.6) is 5.75 Å². The Morgan fingerprint density at radius 1 is 1.38 bits per heavy atom. The molecule has 4 nitrogen and oxygen atoms in total. The van der Waals surface area contributed by atoms with Crippen LogP contribution in [0.3, 0.4) is 0 Å². The predicted octanol–water partition coefficient (Wildman–Crippen LogP) is 3.80. The van der Waals surface area contributed by atoms with E-state index in [0.29, 0.717) is 15.8 Å². The van der Waals surface area contributed by atoms with Crippen LogP contribution in [0.1, 0.15) is 16.7 Å². The first-order chi connectivity index (χ1) is 11.6. The minimum Gasteiger partial charge on any atom is -0.496 e. The number of amides is 1. The van der Waals surface area contributed by atoms with Crippen molar-refractivity contribution in [3.8, 4) is 5.75 Å². The van der Waals surface area contributed by atoms with Crippen LogP contribution < -0.4 is 4.74 Å². The number of thioether (sulfide) groups is 1. The van der Waals surface area contributed by atoms with Gasteiger partial charge >= 0.3 is 0 Å². The van der Waals surface area contributed by atoms with Crippen molar-refractivity contribution < 1.29 is 9.53 Å². The molecular formula is C18H16N2O2S2. The summed E-state index contributed by atoms with van der Waals surface area (Å²) in [6, 6.07) is 9.61. The molecule has 24 heavy (non-hydrogen) atoms. The Morgan fingerprint density at radius 3 is 2.88 bits per heavy atom. The Labute approximate surface area is 150 Å². The van der Waals surface area contributed by atoms with Gasteiger partial charge in [0.15, 0.2) is 0 Å². The molecule has 1 aliphatic rings. The Balaban J connectivity index is 1.82. The number of aromatic nitrogens is 1. The molecule has 0 saturated carbocycles. The number of thiocarbonyl (C=S) groups is 1. The lowest BCUT2D eigenvalue weighted by molar-refractivity contribution is -0.122. The molecule has 1 fully saturated rings. The SMILES string of the molecule is COc1ccc(C=C2SC(=S)N(Cc3cccnc3)C2=O)cc1C. The molecule has 1 aromatic heterocycles. The number of hydrogen-bond acceptors (Lipinski definition) is 5. The van der Waals surface area contributed by atoms with Crippen molar-refractivity contribution in [2.45, 2.75) is 13.5 Å². The summed E-state index contributed by atoms with van der Waals surface area (Å²) < 4.78 is 5.83. The predicted molar refractivity (Wildman–Crippen MR) is 101 cm³/mol. The van der Waals surface area contributed by atoms with Crippen molar-refractivity contribution in [3.63, 3.8) is 0 Å². The molecule has 0 unspecified atom stereocenters. The molecule has 1 amide bonds. The van der Waals surface area contributed by atoms with E-state index in [1.807, 2.05) is 43.3 Å². The van der Waals surface area contributed by atoms with E-state index in [1.54, 1.807) is 24.4 Å². The van der Waals surface area contributed by atoms with E-state index >= 15 is 0 Å². The molecule has 0 radical (unpaired) electrons. The van der Waals surface area contributed by atoms with Crippen molar-refractivity contribution in [2.24, 2.45) is 0 Å². The van der Waals surface area contributed by atoms with Crippen molar-refractivity contribution in [3.05, 3.63) is 64.3 Å². The highest BCUT2D eigenvalue weighted by Crippen LogP contribution is 2.34. The second-order valence-electron chi connectivity index (χ2n) is 5.36. The number of pyridine rings is 1. The third kappa shape index (κ3) is 3.49. The molecule has 0 aliphatic carbocycles. The summed E-state index contributed by atoms with van der Waals surface area (Å²) in [5.41, 5.74) is 2.93. The molecule has 2 aromatic rings. The summed E-state index contributed by atoms with van der Waals surface area (Å²) in [7, 11) is 1.64. The molecule has 0 spiro atoms. The number of nitrogens with zero attached hydrogens (tertiary/aromatic N) is 2. The van der Waals surface area contributed by atoms with Crippen molar-refractivity contribution in [1.29, 1.82) is 0 Å². The maximum absolute atomic E-state index is 12.6. The van der Waals surface area contributed by atoms with Gasteiger partial charge in [0, 0.05) is 12.4 Å². The first-order valence-electron chi connectivity index (χ1n) is 7.37. The Kier molecular flexibility index (Phi) is 4.97. The second-order valence-corrected chi connectivity index (χ2v) is 7.03. The number of rotatable bonds is 4. The van der Waals surface area contributed by atoms with Crippen LogP contribution in [-0.2, 0) is 11.3 Å². The van der Waals surface area contributed by atoms with Gasteiger partial charge in [-0.05, 0) is 47.9 Å². The average molecular weight is 356 g/mol. The summed E-state index contributed by atoms with van der Waals surface area (Å²) in [4.78, 5) is 19.0. The summed E-state index contributed by atoms with van der Waals surface area (Å²) in [6.07, 6.45) is 5.32. The number of hydrogen-bond donors (Lipinski definition) is 0. The van der Waals surface area contributed by atoms with Crippen LogP contribution >= 0.6 is 24.0 Å². The van der Waals surface area contributed by atoms with Crippen LogP contribution in [0.2, 0.25) is 0 Å². The second kappa shape index (κ2) is 7.15. The fourth-order valence-electron chi connectivity index (χ4n) is 2.45. The summed E-state index contributed by atoms with van der Waals surface area (Å²) >= 11 is 6.69. The van der Waals surface area contributed by atoms with E-state index < -0.39 is 0 Å². The van der Waals surface area contributed by atoms with E-state index in [-0.39, 0.29) is 5.91 Å². The molecule has 1 aliphatic heterocycles. The zero-order valence-corrected chi connectivity index (χ0v) is 15.0. The largest absolute Gasteiger partial charge is 0.496 e. The van der Waals surface area contributed by atoms with Gasteiger partial charge in [0.2, 0.25) is 0 Å². The molecule has 0 N–H and O–H groups in total. The highest BCUT2D eigenvalue weighted by atomic mass is 32.2. The lowest BCUT2D eigenvalue weighted by Gasteiger charge is -2.13. The first-order valence-corrected chi connectivity index (χ1v) is 8.60. The van der Waals surface area contributed by atoms with E-state index in [2.05, 4.69) is 4.98 Å². The minimum atomic E-state index is -0.0673. The third-order valence-corrected chi connectivity index (χ3v) is 5.03. The van der Waals surface area contributed by atoms with Crippen molar-refractivity contribution >= 4 is 40.3 Å². The van der Waals surface area contributed by atoms with Gasteiger partial charge in [-0.3, -0.25) is 14.7 Å². The van der Waals surface area contributed by atoms with Gasteiger partial charge < -0.3 is 4.74 Å². The van der Waals surface area contributed by atoms with E-state index in [0.717, 1.165) is 22.4 Å². The Morgan fingerprint density at radius 2 is 2.21 bits per heavy atom. The molecule has 2 heterocycles. The van der Waals surface area contributed by atoms with Crippen LogP contribution in [0.15, 0.2) is 47.6 Å². The van der Waals surface area contributed by atoms with Gasteiger partial charge in [-0.1, -0.05) is 36.1 Å². The molecule has 3 rings (SSSR count). The lowest BCUT2D eigenvalue weighted by atomic mass is 10.1.